The number of ether oxygens (including phenoxy) is 1. The average molecular weight is 329 g/mol. The zero-order valence-electron chi connectivity index (χ0n) is 11.8. The summed E-state index contributed by atoms with van der Waals surface area (Å²) in [7, 11) is -3.58. The highest BCUT2D eigenvalue weighted by Crippen LogP contribution is 2.29. The van der Waals surface area contributed by atoms with Crippen molar-refractivity contribution in [2.45, 2.75) is 24.7 Å². The molecule has 2 heterocycles. The maximum atomic E-state index is 12.3. The standard InChI is InChI=1S/C13H19N3O3S2/c1-13(4-6-19-7-5-13)9-16-21(17,18)10-2-3-11(12(14)20)15-8-10/h2-3,8,16H,4-7,9H2,1H3,(H2,14,20). The number of aromatic nitrogens is 1. The molecule has 0 aromatic carbocycles. The molecule has 0 saturated carbocycles. The van der Waals surface area contributed by atoms with Gasteiger partial charge in [-0.1, -0.05) is 19.1 Å². The monoisotopic (exact) mass is 329 g/mol. The Morgan fingerprint density at radius 1 is 1.48 bits per heavy atom. The molecule has 0 radical (unpaired) electrons. The third kappa shape index (κ3) is 4.19. The molecule has 1 aromatic heterocycles. The van der Waals surface area contributed by atoms with E-state index in [0.717, 1.165) is 12.8 Å². The molecule has 0 aliphatic carbocycles. The van der Waals surface area contributed by atoms with Gasteiger partial charge in [-0.2, -0.15) is 0 Å². The molecule has 6 nitrogen and oxygen atoms in total. The van der Waals surface area contributed by atoms with Gasteiger partial charge in [0.25, 0.3) is 0 Å². The van der Waals surface area contributed by atoms with Crippen molar-refractivity contribution in [3.05, 3.63) is 24.0 Å². The number of rotatable bonds is 5. The van der Waals surface area contributed by atoms with Crippen LogP contribution in [0.4, 0.5) is 0 Å². The van der Waals surface area contributed by atoms with Gasteiger partial charge in [0, 0.05) is 26.0 Å². The van der Waals surface area contributed by atoms with E-state index in [1.807, 2.05) is 0 Å². The quantitative estimate of drug-likeness (QED) is 0.777. The van der Waals surface area contributed by atoms with Crippen molar-refractivity contribution in [1.82, 2.24) is 9.71 Å². The molecule has 0 amide bonds. The molecular weight excluding hydrogens is 310 g/mol. The second kappa shape index (κ2) is 6.35. The van der Waals surface area contributed by atoms with Gasteiger partial charge in [-0.25, -0.2) is 13.1 Å². The van der Waals surface area contributed by atoms with E-state index in [1.165, 1.54) is 18.3 Å². The third-order valence-electron chi connectivity index (χ3n) is 3.69. The molecule has 1 aliphatic heterocycles. The van der Waals surface area contributed by atoms with Crippen LogP contribution in [-0.2, 0) is 14.8 Å². The van der Waals surface area contributed by atoms with E-state index in [1.54, 1.807) is 0 Å². The highest BCUT2D eigenvalue weighted by Gasteiger charge is 2.29. The molecule has 1 aromatic rings. The first kappa shape index (κ1) is 16.3. The van der Waals surface area contributed by atoms with Crippen molar-refractivity contribution in [2.75, 3.05) is 19.8 Å². The largest absolute Gasteiger partial charge is 0.388 e. The molecule has 1 saturated heterocycles. The van der Waals surface area contributed by atoms with E-state index in [2.05, 4.69) is 16.6 Å². The van der Waals surface area contributed by atoms with Gasteiger partial charge >= 0.3 is 0 Å². The lowest BCUT2D eigenvalue weighted by atomic mass is 9.83. The second-order valence-corrected chi connectivity index (χ2v) is 7.70. The highest BCUT2D eigenvalue weighted by atomic mass is 32.2. The summed E-state index contributed by atoms with van der Waals surface area (Å²) in [6, 6.07) is 2.96. The van der Waals surface area contributed by atoms with Crippen LogP contribution in [-0.4, -0.2) is 38.1 Å². The molecule has 0 spiro atoms. The average Bonchev–Trinajstić information content (AvgIpc) is 2.46. The lowest BCUT2D eigenvalue weighted by Crippen LogP contribution is -2.39. The lowest BCUT2D eigenvalue weighted by Gasteiger charge is -2.33. The minimum Gasteiger partial charge on any atom is -0.388 e. The molecule has 0 unspecified atom stereocenters. The van der Waals surface area contributed by atoms with Crippen molar-refractivity contribution in [3.63, 3.8) is 0 Å². The Labute approximate surface area is 130 Å². The molecule has 116 valence electrons. The summed E-state index contributed by atoms with van der Waals surface area (Å²) in [5.41, 5.74) is 5.77. The summed E-state index contributed by atoms with van der Waals surface area (Å²) >= 11 is 4.79. The van der Waals surface area contributed by atoms with E-state index in [0.29, 0.717) is 25.5 Å². The first-order valence-corrected chi connectivity index (χ1v) is 8.55. The van der Waals surface area contributed by atoms with Crippen LogP contribution in [0.25, 0.3) is 0 Å². The van der Waals surface area contributed by atoms with Gasteiger partial charge in [-0.05, 0) is 30.4 Å². The second-order valence-electron chi connectivity index (χ2n) is 5.49. The van der Waals surface area contributed by atoms with Gasteiger partial charge in [0.2, 0.25) is 10.0 Å². The predicted octanol–water partition coefficient (Wildman–Crippen LogP) is 0.811. The van der Waals surface area contributed by atoms with Gasteiger partial charge in [0.15, 0.2) is 0 Å². The first-order chi connectivity index (χ1) is 9.82. The van der Waals surface area contributed by atoms with Gasteiger partial charge in [0.05, 0.1) is 5.69 Å². The summed E-state index contributed by atoms with van der Waals surface area (Å²) < 4.78 is 32.5. The van der Waals surface area contributed by atoms with E-state index in [-0.39, 0.29) is 15.3 Å². The number of pyridine rings is 1. The minimum atomic E-state index is -3.58. The number of thiocarbonyl (C=S) groups is 1. The number of nitrogens with two attached hydrogens (primary N) is 1. The molecule has 3 N–H and O–H groups in total. The predicted molar refractivity (Wildman–Crippen MR) is 83.5 cm³/mol. The Hall–Kier alpha value is -1.09. The van der Waals surface area contributed by atoms with Crippen LogP contribution in [0.15, 0.2) is 23.2 Å². The van der Waals surface area contributed by atoms with Crippen LogP contribution in [0.2, 0.25) is 0 Å². The number of hydrogen-bond donors (Lipinski definition) is 2. The van der Waals surface area contributed by atoms with E-state index >= 15 is 0 Å². The topological polar surface area (TPSA) is 94.3 Å². The zero-order valence-corrected chi connectivity index (χ0v) is 13.5. The molecular formula is C13H19N3O3S2. The van der Waals surface area contributed by atoms with Crippen molar-refractivity contribution < 1.29 is 13.2 Å². The molecule has 1 fully saturated rings. The van der Waals surface area contributed by atoms with Crippen molar-refractivity contribution >= 4 is 27.2 Å². The van der Waals surface area contributed by atoms with Crippen LogP contribution in [0.3, 0.4) is 0 Å². The lowest BCUT2D eigenvalue weighted by molar-refractivity contribution is 0.0264. The van der Waals surface area contributed by atoms with E-state index in [9.17, 15) is 8.42 Å². The fraction of sp³-hybridized carbons (Fsp3) is 0.538. The Bertz CT molecular complexity index is 608. The maximum Gasteiger partial charge on any atom is 0.242 e. The highest BCUT2D eigenvalue weighted by molar-refractivity contribution is 7.89. The summed E-state index contributed by atoms with van der Waals surface area (Å²) in [6.45, 7) is 3.78. The summed E-state index contributed by atoms with van der Waals surface area (Å²) in [5.74, 6) is 0. The number of hydrogen-bond acceptors (Lipinski definition) is 5. The van der Waals surface area contributed by atoms with Crippen LogP contribution < -0.4 is 10.5 Å². The van der Waals surface area contributed by atoms with E-state index in [4.69, 9.17) is 22.7 Å². The Kier molecular flexibility index (Phi) is 4.92. The van der Waals surface area contributed by atoms with Gasteiger partial charge < -0.3 is 10.5 Å². The summed E-state index contributed by atoms with van der Waals surface area (Å²) in [6.07, 6.45) is 2.95. The van der Waals surface area contributed by atoms with Crippen molar-refractivity contribution in [3.8, 4) is 0 Å². The van der Waals surface area contributed by atoms with Crippen molar-refractivity contribution in [2.24, 2.45) is 11.1 Å². The van der Waals surface area contributed by atoms with Gasteiger partial charge in [-0.3, -0.25) is 4.98 Å². The zero-order chi connectivity index (χ0) is 15.5. The van der Waals surface area contributed by atoms with Gasteiger partial charge in [-0.15, -0.1) is 0 Å². The maximum absolute atomic E-state index is 12.3. The normalized spacial score (nSPS) is 18.3. The third-order valence-corrected chi connectivity index (χ3v) is 5.28. The van der Waals surface area contributed by atoms with E-state index < -0.39 is 10.0 Å². The summed E-state index contributed by atoms with van der Waals surface area (Å²) in [4.78, 5) is 4.20. The minimum absolute atomic E-state index is 0.0719. The molecule has 2 rings (SSSR count). The molecule has 0 atom stereocenters. The Morgan fingerprint density at radius 3 is 2.67 bits per heavy atom. The van der Waals surface area contributed by atoms with Crippen LogP contribution in [0, 0.1) is 5.41 Å². The van der Waals surface area contributed by atoms with Crippen LogP contribution in [0.1, 0.15) is 25.5 Å². The molecule has 0 bridgehead atoms. The Balaban J connectivity index is 2.05. The number of nitrogens with one attached hydrogen (secondary N) is 1. The Morgan fingerprint density at radius 2 is 2.14 bits per heavy atom. The van der Waals surface area contributed by atoms with Crippen LogP contribution >= 0.6 is 12.2 Å². The van der Waals surface area contributed by atoms with Crippen LogP contribution in [0.5, 0.6) is 0 Å². The first-order valence-electron chi connectivity index (χ1n) is 6.66. The summed E-state index contributed by atoms with van der Waals surface area (Å²) in [5, 5.41) is 0. The van der Waals surface area contributed by atoms with Gasteiger partial charge in [0.1, 0.15) is 9.88 Å². The number of nitrogens with zero attached hydrogens (tertiary/aromatic N) is 1. The molecule has 1 aliphatic rings. The van der Waals surface area contributed by atoms with Crippen molar-refractivity contribution in [1.29, 1.82) is 0 Å². The smallest absolute Gasteiger partial charge is 0.242 e. The SMILES string of the molecule is CC1(CNS(=O)(=O)c2ccc(C(N)=S)nc2)CCOCC1. The fourth-order valence-corrected chi connectivity index (χ4v) is 3.34. The number of sulfonamides is 1. The molecule has 8 heteroatoms. The fourth-order valence-electron chi connectivity index (χ4n) is 2.08. The molecule has 21 heavy (non-hydrogen) atoms.